The van der Waals surface area contributed by atoms with Crippen molar-refractivity contribution in [3.8, 4) is 0 Å². The van der Waals surface area contributed by atoms with Crippen LogP contribution in [-0.4, -0.2) is 13.1 Å². The van der Waals surface area contributed by atoms with Gasteiger partial charge in [0.2, 0.25) is 0 Å². The summed E-state index contributed by atoms with van der Waals surface area (Å²) in [7, 11) is 0. The second-order valence-electron chi connectivity index (χ2n) is 4.92. The fraction of sp³-hybridized carbons (Fsp3) is 0.571. The Hall–Kier alpha value is -0.600. The molecule has 1 fully saturated rings. The number of allylic oxidation sites excluding steroid dienone is 1. The second kappa shape index (κ2) is 5.15. The molecule has 0 spiro atoms. The zero-order valence-corrected chi connectivity index (χ0v) is 11.1. The molecule has 0 amide bonds. The Morgan fingerprint density at radius 2 is 2.19 bits per heavy atom. The molecule has 0 aromatic carbocycles. The number of hydrogen-bond acceptors (Lipinski definition) is 2. The van der Waals surface area contributed by atoms with E-state index in [-0.39, 0.29) is 0 Å². The van der Waals surface area contributed by atoms with Crippen molar-refractivity contribution in [2.75, 3.05) is 13.1 Å². The van der Waals surface area contributed by atoms with E-state index in [1.54, 1.807) is 4.88 Å². The van der Waals surface area contributed by atoms with Crippen LogP contribution in [0.4, 0.5) is 0 Å². The van der Waals surface area contributed by atoms with Gasteiger partial charge in [-0.25, -0.2) is 0 Å². The van der Waals surface area contributed by atoms with E-state index in [1.807, 2.05) is 11.3 Å². The molecule has 2 heterocycles. The number of aryl methyl sites for hydroxylation is 1. The van der Waals surface area contributed by atoms with E-state index in [0.717, 1.165) is 12.3 Å². The summed E-state index contributed by atoms with van der Waals surface area (Å²) in [6.07, 6.45) is 3.65. The van der Waals surface area contributed by atoms with Crippen LogP contribution in [0.25, 0.3) is 0 Å². The maximum Gasteiger partial charge on any atom is 0.0109 e. The van der Waals surface area contributed by atoms with Crippen molar-refractivity contribution in [1.29, 1.82) is 0 Å². The monoisotopic (exact) mass is 235 g/mol. The van der Waals surface area contributed by atoms with Crippen molar-refractivity contribution < 1.29 is 0 Å². The third-order valence-corrected chi connectivity index (χ3v) is 4.59. The van der Waals surface area contributed by atoms with E-state index in [9.17, 15) is 0 Å². The van der Waals surface area contributed by atoms with Crippen LogP contribution in [0.3, 0.4) is 0 Å². The van der Waals surface area contributed by atoms with Crippen molar-refractivity contribution in [2.45, 2.75) is 39.0 Å². The van der Waals surface area contributed by atoms with Crippen LogP contribution in [0.15, 0.2) is 18.2 Å². The molecule has 1 aliphatic rings. The molecule has 0 radical (unpaired) electrons. The lowest BCUT2D eigenvalue weighted by atomic mass is 9.94. The summed E-state index contributed by atoms with van der Waals surface area (Å²) in [4.78, 5) is 3.11. The highest BCUT2D eigenvalue weighted by molar-refractivity contribution is 7.12. The first kappa shape index (κ1) is 11.9. The average molecular weight is 235 g/mol. The smallest absolute Gasteiger partial charge is 0.0109 e. The maximum atomic E-state index is 4.00. The third kappa shape index (κ3) is 2.74. The second-order valence-corrected chi connectivity index (χ2v) is 6.09. The average Bonchev–Trinajstić information content (AvgIpc) is 2.60. The van der Waals surface area contributed by atoms with Crippen LogP contribution >= 0.6 is 11.3 Å². The predicted molar refractivity (Wildman–Crippen MR) is 72.4 cm³/mol. The molecule has 0 atom stereocenters. The summed E-state index contributed by atoms with van der Waals surface area (Å²) in [6, 6.07) is 2.36. The van der Waals surface area contributed by atoms with E-state index >= 15 is 0 Å². The molecule has 1 nitrogen and oxygen atoms in total. The zero-order valence-electron chi connectivity index (χ0n) is 10.3. The van der Waals surface area contributed by atoms with Gasteiger partial charge in [-0.1, -0.05) is 12.2 Å². The summed E-state index contributed by atoms with van der Waals surface area (Å²) in [5, 5.41) is 3.43. The molecule has 1 aliphatic heterocycles. The number of thiophene rings is 1. The van der Waals surface area contributed by atoms with Gasteiger partial charge in [0.15, 0.2) is 0 Å². The van der Waals surface area contributed by atoms with Gasteiger partial charge in [-0.05, 0) is 57.3 Å². The molecular formula is C14H21NS. The van der Waals surface area contributed by atoms with E-state index < -0.39 is 0 Å². The zero-order chi connectivity index (χ0) is 11.5. The molecule has 0 bridgehead atoms. The highest BCUT2D eigenvalue weighted by Gasteiger charge is 2.19. The normalized spacial score (nSPS) is 17.6. The van der Waals surface area contributed by atoms with Gasteiger partial charge in [0, 0.05) is 16.2 Å². The van der Waals surface area contributed by atoms with E-state index in [0.29, 0.717) is 0 Å². The Morgan fingerprint density at radius 1 is 1.50 bits per heavy atom. The molecule has 1 aromatic rings. The van der Waals surface area contributed by atoms with E-state index in [2.05, 4.69) is 31.8 Å². The molecule has 16 heavy (non-hydrogen) atoms. The number of rotatable bonds is 3. The van der Waals surface area contributed by atoms with Gasteiger partial charge in [0.1, 0.15) is 0 Å². The highest BCUT2D eigenvalue weighted by Crippen LogP contribution is 2.35. The van der Waals surface area contributed by atoms with E-state index in [4.69, 9.17) is 0 Å². The van der Waals surface area contributed by atoms with Crippen LogP contribution in [0.2, 0.25) is 0 Å². The van der Waals surface area contributed by atoms with E-state index in [1.165, 1.54) is 41.9 Å². The molecule has 0 unspecified atom stereocenters. The van der Waals surface area contributed by atoms with Crippen molar-refractivity contribution >= 4 is 11.3 Å². The van der Waals surface area contributed by atoms with Crippen LogP contribution in [0, 0.1) is 6.92 Å². The SMILES string of the molecule is C=C(C)Cc1cc(C)c(C2CCNCC2)s1. The first-order valence-electron chi connectivity index (χ1n) is 6.11. The summed E-state index contributed by atoms with van der Waals surface area (Å²) in [6.45, 7) is 10.7. The largest absolute Gasteiger partial charge is 0.317 e. The molecule has 2 heteroatoms. The maximum absolute atomic E-state index is 4.00. The first-order valence-corrected chi connectivity index (χ1v) is 6.93. The molecule has 1 saturated heterocycles. The fourth-order valence-electron chi connectivity index (χ4n) is 2.44. The minimum Gasteiger partial charge on any atom is -0.317 e. The topological polar surface area (TPSA) is 12.0 Å². The molecule has 2 rings (SSSR count). The fourth-order valence-corrected chi connectivity index (χ4v) is 3.90. The van der Waals surface area contributed by atoms with Crippen LogP contribution in [0.1, 0.15) is 41.0 Å². The Balaban J connectivity index is 2.13. The van der Waals surface area contributed by atoms with Gasteiger partial charge < -0.3 is 5.32 Å². The van der Waals surface area contributed by atoms with Gasteiger partial charge in [0.05, 0.1) is 0 Å². The Labute approximate surface area is 103 Å². The van der Waals surface area contributed by atoms with Gasteiger partial charge in [-0.2, -0.15) is 0 Å². The van der Waals surface area contributed by atoms with Gasteiger partial charge in [-0.3, -0.25) is 0 Å². The molecular weight excluding hydrogens is 214 g/mol. The number of piperidine rings is 1. The van der Waals surface area contributed by atoms with Crippen LogP contribution in [0.5, 0.6) is 0 Å². The van der Waals surface area contributed by atoms with Crippen molar-refractivity contribution in [3.05, 3.63) is 33.5 Å². The minimum atomic E-state index is 0.796. The molecule has 1 N–H and O–H groups in total. The molecule has 88 valence electrons. The van der Waals surface area contributed by atoms with Crippen molar-refractivity contribution in [1.82, 2.24) is 5.32 Å². The lowest BCUT2D eigenvalue weighted by molar-refractivity contribution is 0.464. The van der Waals surface area contributed by atoms with Crippen molar-refractivity contribution in [3.63, 3.8) is 0 Å². The van der Waals surface area contributed by atoms with Crippen molar-refractivity contribution in [2.24, 2.45) is 0 Å². The lowest BCUT2D eigenvalue weighted by Crippen LogP contribution is -2.26. The summed E-state index contributed by atoms with van der Waals surface area (Å²) in [5.74, 6) is 0.796. The number of nitrogens with one attached hydrogen (secondary N) is 1. The number of hydrogen-bond donors (Lipinski definition) is 1. The summed E-state index contributed by atoms with van der Waals surface area (Å²) >= 11 is 2.01. The van der Waals surface area contributed by atoms with Crippen LogP contribution < -0.4 is 5.32 Å². The third-order valence-electron chi connectivity index (χ3n) is 3.19. The Morgan fingerprint density at radius 3 is 2.81 bits per heavy atom. The van der Waals surface area contributed by atoms with Gasteiger partial charge in [-0.15, -0.1) is 11.3 Å². The molecule has 1 aromatic heterocycles. The lowest BCUT2D eigenvalue weighted by Gasteiger charge is -2.22. The van der Waals surface area contributed by atoms with Gasteiger partial charge >= 0.3 is 0 Å². The standard InChI is InChI=1S/C14H21NS/c1-10(2)8-13-9-11(3)14(16-13)12-4-6-15-7-5-12/h9,12,15H,1,4-8H2,2-3H3. The minimum absolute atomic E-state index is 0.796. The molecule has 0 saturated carbocycles. The quantitative estimate of drug-likeness (QED) is 0.789. The predicted octanol–water partition coefficient (Wildman–Crippen LogP) is 3.64. The van der Waals surface area contributed by atoms with Gasteiger partial charge in [0.25, 0.3) is 0 Å². The molecule has 0 aliphatic carbocycles. The Bertz CT molecular complexity index is 372. The summed E-state index contributed by atoms with van der Waals surface area (Å²) in [5.41, 5.74) is 2.76. The van der Waals surface area contributed by atoms with Crippen LogP contribution in [-0.2, 0) is 6.42 Å². The Kier molecular flexibility index (Phi) is 3.82. The summed E-state index contributed by atoms with van der Waals surface area (Å²) < 4.78 is 0. The first-order chi connectivity index (χ1) is 7.66. The highest BCUT2D eigenvalue weighted by atomic mass is 32.1.